The molecule has 1 aliphatic heterocycles. The van der Waals surface area contributed by atoms with Crippen LogP contribution in [0, 0.1) is 13.8 Å². The van der Waals surface area contributed by atoms with Crippen LogP contribution in [0.25, 0.3) is 0 Å². The average molecular weight is 253 g/mol. The fraction of sp³-hybridized carbons (Fsp3) is 0.667. The van der Waals surface area contributed by atoms with Gasteiger partial charge in [-0.2, -0.15) is 0 Å². The van der Waals surface area contributed by atoms with Gasteiger partial charge in [-0.25, -0.2) is 4.98 Å². The maximum atomic E-state index is 10.6. The van der Waals surface area contributed by atoms with E-state index >= 15 is 0 Å². The van der Waals surface area contributed by atoms with Crippen LogP contribution in [0.1, 0.15) is 17.3 Å². The third-order valence-corrected chi connectivity index (χ3v) is 3.26. The zero-order valence-electron chi connectivity index (χ0n) is 10.8. The minimum absolute atomic E-state index is 0.130. The third kappa shape index (κ3) is 3.30. The zero-order chi connectivity index (χ0) is 13.1. The van der Waals surface area contributed by atoms with Crippen molar-refractivity contribution in [3.8, 4) is 0 Å². The number of oxazole rings is 1. The second kappa shape index (κ2) is 5.49. The molecule has 6 heteroatoms. The summed E-state index contributed by atoms with van der Waals surface area (Å²) in [6.07, 6.45) is 0. The fourth-order valence-corrected chi connectivity index (χ4v) is 2.09. The minimum Gasteiger partial charge on any atom is -0.480 e. The molecule has 0 aliphatic carbocycles. The number of carboxylic acid groups (broad SMARTS) is 1. The second-order valence-corrected chi connectivity index (χ2v) is 4.70. The molecule has 1 N–H and O–H groups in total. The van der Waals surface area contributed by atoms with Crippen molar-refractivity contribution in [1.82, 2.24) is 14.8 Å². The average Bonchev–Trinajstić information content (AvgIpc) is 2.60. The summed E-state index contributed by atoms with van der Waals surface area (Å²) < 4.78 is 5.55. The fourth-order valence-electron chi connectivity index (χ4n) is 2.09. The Bertz CT molecular complexity index is 403. The number of hydrogen-bond donors (Lipinski definition) is 1. The van der Waals surface area contributed by atoms with Crippen molar-refractivity contribution in [3.05, 3.63) is 17.3 Å². The van der Waals surface area contributed by atoms with E-state index in [1.807, 2.05) is 18.7 Å². The number of aromatic nitrogens is 1. The summed E-state index contributed by atoms with van der Waals surface area (Å²) in [5.41, 5.74) is 0.939. The van der Waals surface area contributed by atoms with E-state index in [9.17, 15) is 4.79 Å². The highest BCUT2D eigenvalue weighted by molar-refractivity contribution is 5.69. The molecular weight excluding hydrogens is 234 g/mol. The first kappa shape index (κ1) is 13.0. The lowest BCUT2D eigenvalue weighted by Crippen LogP contribution is -2.47. The highest BCUT2D eigenvalue weighted by Gasteiger charge is 2.20. The maximum Gasteiger partial charge on any atom is 0.317 e. The Morgan fingerprint density at radius 2 is 1.89 bits per heavy atom. The molecule has 1 aromatic rings. The zero-order valence-corrected chi connectivity index (χ0v) is 10.8. The van der Waals surface area contributed by atoms with Gasteiger partial charge < -0.3 is 9.52 Å². The Morgan fingerprint density at radius 1 is 1.28 bits per heavy atom. The monoisotopic (exact) mass is 253 g/mol. The van der Waals surface area contributed by atoms with Gasteiger partial charge in [0.1, 0.15) is 5.76 Å². The summed E-state index contributed by atoms with van der Waals surface area (Å²) in [4.78, 5) is 19.1. The maximum absolute atomic E-state index is 10.6. The first-order valence-electron chi connectivity index (χ1n) is 6.14. The molecule has 18 heavy (non-hydrogen) atoms. The summed E-state index contributed by atoms with van der Waals surface area (Å²) in [7, 11) is 0. The van der Waals surface area contributed by atoms with E-state index in [4.69, 9.17) is 9.52 Å². The van der Waals surface area contributed by atoms with Gasteiger partial charge >= 0.3 is 5.97 Å². The predicted octanol–water partition coefficient (Wildman–Crippen LogP) is 0.494. The number of rotatable bonds is 4. The predicted molar refractivity (Wildman–Crippen MR) is 65.3 cm³/mol. The first-order valence-corrected chi connectivity index (χ1v) is 6.14. The van der Waals surface area contributed by atoms with Crippen molar-refractivity contribution >= 4 is 5.97 Å². The lowest BCUT2D eigenvalue weighted by molar-refractivity contribution is -0.138. The normalized spacial score (nSPS) is 18.1. The van der Waals surface area contributed by atoms with Gasteiger partial charge in [0.05, 0.1) is 18.8 Å². The highest BCUT2D eigenvalue weighted by atomic mass is 16.4. The summed E-state index contributed by atoms with van der Waals surface area (Å²) in [6, 6.07) is 0. The summed E-state index contributed by atoms with van der Waals surface area (Å²) in [6.45, 7) is 7.96. The second-order valence-electron chi connectivity index (χ2n) is 4.70. The molecule has 1 aliphatic rings. The summed E-state index contributed by atoms with van der Waals surface area (Å²) >= 11 is 0. The van der Waals surface area contributed by atoms with Gasteiger partial charge in [-0.15, -0.1) is 0 Å². The number of nitrogens with zero attached hydrogens (tertiary/aromatic N) is 3. The molecule has 6 nitrogen and oxygen atoms in total. The van der Waals surface area contributed by atoms with Crippen molar-refractivity contribution in [3.63, 3.8) is 0 Å². The van der Waals surface area contributed by atoms with E-state index < -0.39 is 5.97 Å². The lowest BCUT2D eigenvalue weighted by atomic mass is 10.3. The van der Waals surface area contributed by atoms with Crippen LogP contribution in [0.2, 0.25) is 0 Å². The molecule has 0 spiro atoms. The van der Waals surface area contributed by atoms with Crippen LogP contribution in [0.5, 0.6) is 0 Å². The van der Waals surface area contributed by atoms with Crippen molar-refractivity contribution in [1.29, 1.82) is 0 Å². The number of carbonyl (C=O) groups is 1. The SMILES string of the molecule is Cc1nc(CN2CCN(CC(=O)O)CC2)oc1C. The van der Waals surface area contributed by atoms with Gasteiger partial charge in [0, 0.05) is 26.2 Å². The van der Waals surface area contributed by atoms with Crippen LogP contribution >= 0.6 is 0 Å². The quantitative estimate of drug-likeness (QED) is 0.842. The smallest absolute Gasteiger partial charge is 0.317 e. The minimum atomic E-state index is -0.762. The van der Waals surface area contributed by atoms with Crippen molar-refractivity contribution < 1.29 is 14.3 Å². The number of hydrogen-bond acceptors (Lipinski definition) is 5. The van der Waals surface area contributed by atoms with Crippen molar-refractivity contribution in [2.75, 3.05) is 32.7 Å². The van der Waals surface area contributed by atoms with Crippen LogP contribution in [0.15, 0.2) is 4.42 Å². The van der Waals surface area contributed by atoms with Crippen LogP contribution < -0.4 is 0 Å². The van der Waals surface area contributed by atoms with Gasteiger partial charge in [0.2, 0.25) is 5.89 Å². The van der Waals surface area contributed by atoms with Gasteiger partial charge in [0.15, 0.2) is 0 Å². The largest absolute Gasteiger partial charge is 0.480 e. The molecule has 2 rings (SSSR count). The van der Waals surface area contributed by atoms with Crippen LogP contribution in [-0.2, 0) is 11.3 Å². The Hall–Kier alpha value is -1.40. The van der Waals surface area contributed by atoms with E-state index in [1.165, 1.54) is 0 Å². The molecule has 1 saturated heterocycles. The van der Waals surface area contributed by atoms with Crippen molar-refractivity contribution in [2.45, 2.75) is 20.4 Å². The Morgan fingerprint density at radius 3 is 2.39 bits per heavy atom. The van der Waals surface area contributed by atoms with Gasteiger partial charge in [-0.05, 0) is 13.8 Å². The topological polar surface area (TPSA) is 69.8 Å². The molecule has 0 unspecified atom stereocenters. The van der Waals surface area contributed by atoms with Crippen LogP contribution in [-0.4, -0.2) is 58.6 Å². The summed E-state index contributed by atoms with van der Waals surface area (Å²) in [5.74, 6) is 0.855. The Labute approximate surface area is 106 Å². The molecule has 0 amide bonds. The molecule has 0 bridgehead atoms. The van der Waals surface area contributed by atoms with Crippen molar-refractivity contribution in [2.24, 2.45) is 0 Å². The van der Waals surface area contributed by atoms with Gasteiger partial charge in [0.25, 0.3) is 0 Å². The Kier molecular flexibility index (Phi) is 3.98. The van der Waals surface area contributed by atoms with E-state index in [-0.39, 0.29) is 6.54 Å². The molecule has 0 saturated carbocycles. The van der Waals surface area contributed by atoms with Crippen LogP contribution in [0.4, 0.5) is 0 Å². The molecule has 100 valence electrons. The van der Waals surface area contributed by atoms with E-state index in [1.54, 1.807) is 0 Å². The Balaban J connectivity index is 1.81. The van der Waals surface area contributed by atoms with Gasteiger partial charge in [-0.3, -0.25) is 14.6 Å². The van der Waals surface area contributed by atoms with Gasteiger partial charge in [-0.1, -0.05) is 0 Å². The van der Waals surface area contributed by atoms with Crippen LogP contribution in [0.3, 0.4) is 0 Å². The molecule has 2 heterocycles. The van der Waals surface area contributed by atoms with E-state index in [0.29, 0.717) is 6.54 Å². The third-order valence-electron chi connectivity index (χ3n) is 3.26. The molecule has 1 aromatic heterocycles. The summed E-state index contributed by atoms with van der Waals surface area (Å²) in [5, 5.41) is 8.72. The number of aliphatic carboxylic acids is 1. The highest BCUT2D eigenvalue weighted by Crippen LogP contribution is 2.12. The van der Waals surface area contributed by atoms with E-state index in [2.05, 4.69) is 9.88 Å². The number of aryl methyl sites for hydroxylation is 2. The van der Waals surface area contributed by atoms with E-state index in [0.717, 1.165) is 43.5 Å². The standard InChI is InChI=1S/C12H19N3O3/c1-9-10(2)18-11(13-9)7-14-3-5-15(6-4-14)8-12(16)17/h3-8H2,1-2H3,(H,16,17). The molecule has 0 atom stereocenters. The first-order chi connectivity index (χ1) is 8.54. The number of piperazine rings is 1. The molecular formula is C12H19N3O3. The number of carboxylic acids is 1. The molecule has 0 radical (unpaired) electrons. The molecule has 0 aromatic carbocycles. The lowest BCUT2D eigenvalue weighted by Gasteiger charge is -2.32. The molecule has 1 fully saturated rings.